The Hall–Kier alpha value is -1.52. The lowest BCUT2D eigenvalue weighted by atomic mass is 10.1. The molecule has 0 saturated carbocycles. The van der Waals surface area contributed by atoms with Gasteiger partial charge in [-0.3, -0.25) is 0 Å². The van der Waals surface area contributed by atoms with Gasteiger partial charge in [-0.2, -0.15) is 0 Å². The first-order valence-corrected chi connectivity index (χ1v) is 6.06. The number of rotatable bonds is 3. The minimum absolute atomic E-state index is 0.0944. The average molecular weight is 256 g/mol. The molecule has 100 valence electrons. The largest absolute Gasteiger partial charge is 0.495 e. The molecule has 1 aromatic rings. The SMILES string of the molecule is CCc1cc(N)c(OC)cc1N1CCC(F)(F)C1. The van der Waals surface area contributed by atoms with E-state index in [1.165, 1.54) is 7.11 Å². The molecule has 5 heteroatoms. The van der Waals surface area contributed by atoms with Gasteiger partial charge in [0.05, 0.1) is 19.3 Å². The highest BCUT2D eigenvalue weighted by Gasteiger charge is 2.38. The van der Waals surface area contributed by atoms with Crippen molar-refractivity contribution < 1.29 is 13.5 Å². The van der Waals surface area contributed by atoms with E-state index in [4.69, 9.17) is 10.5 Å². The standard InChI is InChI=1S/C13H18F2N2O/c1-3-9-6-10(16)12(18-2)7-11(9)17-5-4-13(14,15)8-17/h6-7H,3-5,8,16H2,1-2H3. The zero-order valence-corrected chi connectivity index (χ0v) is 10.7. The molecular weight excluding hydrogens is 238 g/mol. The number of benzene rings is 1. The number of nitrogen functional groups attached to an aromatic ring is 1. The van der Waals surface area contributed by atoms with Gasteiger partial charge in [-0.05, 0) is 18.1 Å². The van der Waals surface area contributed by atoms with E-state index in [0.29, 0.717) is 18.0 Å². The molecule has 0 bridgehead atoms. The maximum absolute atomic E-state index is 13.3. The van der Waals surface area contributed by atoms with Crippen molar-refractivity contribution in [1.82, 2.24) is 0 Å². The Morgan fingerprint density at radius 1 is 1.44 bits per heavy atom. The number of methoxy groups -OCH3 is 1. The van der Waals surface area contributed by atoms with E-state index in [9.17, 15) is 8.78 Å². The first-order valence-electron chi connectivity index (χ1n) is 6.06. The van der Waals surface area contributed by atoms with E-state index < -0.39 is 5.92 Å². The lowest BCUT2D eigenvalue weighted by molar-refractivity contribution is 0.0257. The minimum Gasteiger partial charge on any atom is -0.495 e. The predicted octanol–water partition coefficient (Wildman–Crippen LogP) is 2.69. The van der Waals surface area contributed by atoms with Gasteiger partial charge in [0.15, 0.2) is 0 Å². The van der Waals surface area contributed by atoms with Crippen LogP contribution in [-0.4, -0.2) is 26.1 Å². The van der Waals surface area contributed by atoms with Crippen molar-refractivity contribution in [2.45, 2.75) is 25.7 Å². The van der Waals surface area contributed by atoms with Gasteiger partial charge in [0.25, 0.3) is 5.92 Å². The van der Waals surface area contributed by atoms with E-state index in [1.54, 1.807) is 11.0 Å². The molecule has 2 N–H and O–H groups in total. The van der Waals surface area contributed by atoms with E-state index in [1.807, 2.05) is 13.0 Å². The number of nitrogens with two attached hydrogens (primary N) is 1. The summed E-state index contributed by atoms with van der Waals surface area (Å²) in [6.45, 7) is 2.12. The Balaban J connectivity index is 2.37. The fraction of sp³-hybridized carbons (Fsp3) is 0.538. The first-order chi connectivity index (χ1) is 8.46. The van der Waals surface area contributed by atoms with Crippen molar-refractivity contribution in [1.29, 1.82) is 0 Å². The van der Waals surface area contributed by atoms with Gasteiger partial charge in [-0.1, -0.05) is 6.92 Å². The number of anilines is 2. The number of aryl methyl sites for hydroxylation is 1. The van der Waals surface area contributed by atoms with Gasteiger partial charge < -0.3 is 15.4 Å². The Morgan fingerprint density at radius 3 is 2.67 bits per heavy atom. The van der Waals surface area contributed by atoms with Crippen LogP contribution in [0.2, 0.25) is 0 Å². The van der Waals surface area contributed by atoms with Gasteiger partial charge in [-0.25, -0.2) is 8.78 Å². The van der Waals surface area contributed by atoms with Gasteiger partial charge in [0.2, 0.25) is 0 Å². The van der Waals surface area contributed by atoms with E-state index in [2.05, 4.69) is 0 Å². The molecule has 1 aliphatic rings. The number of hydrogen-bond donors (Lipinski definition) is 1. The second kappa shape index (κ2) is 4.63. The van der Waals surface area contributed by atoms with Crippen LogP contribution in [0.25, 0.3) is 0 Å². The molecule has 2 rings (SSSR count). The first kappa shape index (κ1) is 12.9. The van der Waals surface area contributed by atoms with Crippen molar-refractivity contribution in [2.75, 3.05) is 30.8 Å². The minimum atomic E-state index is -2.60. The third-order valence-corrected chi connectivity index (χ3v) is 3.32. The van der Waals surface area contributed by atoms with E-state index in [-0.39, 0.29) is 13.0 Å². The Kier molecular flexibility index (Phi) is 3.32. The van der Waals surface area contributed by atoms with E-state index in [0.717, 1.165) is 17.7 Å². The zero-order chi connectivity index (χ0) is 13.3. The Bertz CT molecular complexity index is 449. The molecule has 1 aliphatic heterocycles. The fourth-order valence-corrected chi connectivity index (χ4v) is 2.33. The van der Waals surface area contributed by atoms with Crippen molar-refractivity contribution in [2.24, 2.45) is 0 Å². The summed E-state index contributed by atoms with van der Waals surface area (Å²) >= 11 is 0. The zero-order valence-electron chi connectivity index (χ0n) is 10.7. The molecule has 18 heavy (non-hydrogen) atoms. The number of ether oxygens (including phenoxy) is 1. The van der Waals surface area contributed by atoms with Crippen molar-refractivity contribution in [3.05, 3.63) is 17.7 Å². The summed E-state index contributed by atoms with van der Waals surface area (Å²) in [5.74, 6) is -2.06. The summed E-state index contributed by atoms with van der Waals surface area (Å²) < 4.78 is 31.7. The van der Waals surface area contributed by atoms with E-state index >= 15 is 0 Å². The second-order valence-corrected chi connectivity index (χ2v) is 4.60. The van der Waals surface area contributed by atoms with Crippen LogP contribution in [0.15, 0.2) is 12.1 Å². The van der Waals surface area contributed by atoms with Crippen LogP contribution in [0, 0.1) is 0 Å². The highest BCUT2D eigenvalue weighted by molar-refractivity contribution is 5.67. The summed E-state index contributed by atoms with van der Waals surface area (Å²) in [5, 5.41) is 0. The summed E-state index contributed by atoms with van der Waals surface area (Å²) in [7, 11) is 1.53. The number of hydrogen-bond acceptors (Lipinski definition) is 3. The van der Waals surface area contributed by atoms with Crippen LogP contribution in [-0.2, 0) is 6.42 Å². The van der Waals surface area contributed by atoms with Gasteiger partial charge in [-0.15, -0.1) is 0 Å². The van der Waals surface area contributed by atoms with Crippen LogP contribution < -0.4 is 15.4 Å². The Morgan fingerprint density at radius 2 is 2.17 bits per heavy atom. The molecular formula is C13H18F2N2O. The van der Waals surface area contributed by atoms with Gasteiger partial charge >= 0.3 is 0 Å². The molecule has 1 saturated heterocycles. The van der Waals surface area contributed by atoms with Crippen LogP contribution >= 0.6 is 0 Å². The molecule has 0 radical (unpaired) electrons. The molecule has 3 nitrogen and oxygen atoms in total. The fourth-order valence-electron chi connectivity index (χ4n) is 2.33. The lowest BCUT2D eigenvalue weighted by Gasteiger charge is -2.23. The average Bonchev–Trinajstić information content (AvgIpc) is 2.69. The molecule has 1 aromatic carbocycles. The molecule has 0 spiro atoms. The van der Waals surface area contributed by atoms with Crippen LogP contribution in [0.4, 0.5) is 20.2 Å². The second-order valence-electron chi connectivity index (χ2n) is 4.60. The molecule has 0 amide bonds. The molecule has 1 fully saturated rings. The summed E-state index contributed by atoms with van der Waals surface area (Å²) in [6, 6.07) is 3.57. The third-order valence-electron chi connectivity index (χ3n) is 3.32. The van der Waals surface area contributed by atoms with Crippen LogP contribution in [0.3, 0.4) is 0 Å². The number of halogens is 2. The number of alkyl halides is 2. The molecule has 0 aliphatic carbocycles. The summed E-state index contributed by atoms with van der Waals surface area (Å²) in [4.78, 5) is 1.71. The third kappa shape index (κ3) is 2.35. The summed E-state index contributed by atoms with van der Waals surface area (Å²) in [6.07, 6.45) is 0.661. The van der Waals surface area contributed by atoms with Crippen molar-refractivity contribution >= 4 is 11.4 Å². The molecule has 0 aromatic heterocycles. The maximum atomic E-state index is 13.3. The Labute approximate surface area is 106 Å². The summed E-state index contributed by atoms with van der Waals surface area (Å²) in [5.41, 5.74) is 8.17. The van der Waals surface area contributed by atoms with Gasteiger partial charge in [0.1, 0.15) is 5.75 Å². The smallest absolute Gasteiger partial charge is 0.266 e. The highest BCUT2D eigenvalue weighted by Crippen LogP contribution is 2.37. The lowest BCUT2D eigenvalue weighted by Crippen LogP contribution is -2.25. The highest BCUT2D eigenvalue weighted by atomic mass is 19.3. The van der Waals surface area contributed by atoms with Crippen molar-refractivity contribution in [3.63, 3.8) is 0 Å². The molecule has 0 unspecified atom stereocenters. The van der Waals surface area contributed by atoms with Gasteiger partial charge in [0, 0.05) is 24.7 Å². The molecule has 1 heterocycles. The normalized spacial score (nSPS) is 18.1. The number of nitrogens with zero attached hydrogens (tertiary/aromatic N) is 1. The van der Waals surface area contributed by atoms with Crippen molar-refractivity contribution in [3.8, 4) is 5.75 Å². The van der Waals surface area contributed by atoms with Crippen LogP contribution in [0.5, 0.6) is 5.75 Å². The predicted molar refractivity (Wildman–Crippen MR) is 68.6 cm³/mol. The maximum Gasteiger partial charge on any atom is 0.266 e. The quantitative estimate of drug-likeness (QED) is 0.845. The van der Waals surface area contributed by atoms with Crippen LogP contribution in [0.1, 0.15) is 18.9 Å². The topological polar surface area (TPSA) is 38.5 Å². The monoisotopic (exact) mass is 256 g/mol. The molecule has 0 atom stereocenters.